The zero-order chi connectivity index (χ0) is 19.3. The number of carbonyl (C=O) groups excluding carboxylic acids is 2. The van der Waals surface area contributed by atoms with E-state index in [2.05, 4.69) is 10.1 Å². The average Bonchev–Trinajstić information content (AvgIpc) is 3.30. The van der Waals surface area contributed by atoms with Gasteiger partial charge in [0.05, 0.1) is 6.04 Å². The zero-order valence-electron chi connectivity index (χ0n) is 16.0. The van der Waals surface area contributed by atoms with Crippen LogP contribution in [0.5, 0.6) is 0 Å². The number of amides is 2. The summed E-state index contributed by atoms with van der Waals surface area (Å²) in [5, 5.41) is 4.20. The van der Waals surface area contributed by atoms with E-state index in [1.807, 2.05) is 35.2 Å². The molecular weight excluding hydrogens is 356 g/mol. The first-order valence-corrected chi connectivity index (χ1v) is 10.2. The van der Waals surface area contributed by atoms with Gasteiger partial charge >= 0.3 is 0 Å². The second-order valence-electron chi connectivity index (χ2n) is 7.51. The minimum absolute atomic E-state index is 0.0673. The van der Waals surface area contributed by atoms with Crippen molar-refractivity contribution in [3.8, 4) is 11.5 Å². The average molecular weight is 382 g/mol. The molecule has 148 valence electrons. The third-order valence-corrected chi connectivity index (χ3v) is 5.60. The van der Waals surface area contributed by atoms with Crippen LogP contribution in [-0.2, 0) is 9.59 Å². The SMILES string of the molecule is O=C1CCCN1CCC(=O)N1CCCCCC1c1noc(-c2ccccc2)n1. The molecule has 2 aliphatic heterocycles. The van der Waals surface area contributed by atoms with E-state index in [0.29, 0.717) is 37.6 Å². The molecule has 1 aromatic carbocycles. The van der Waals surface area contributed by atoms with Crippen molar-refractivity contribution < 1.29 is 14.1 Å². The van der Waals surface area contributed by atoms with Gasteiger partial charge in [0.15, 0.2) is 5.82 Å². The number of carbonyl (C=O) groups is 2. The first-order chi connectivity index (χ1) is 13.7. The van der Waals surface area contributed by atoms with Crippen LogP contribution >= 0.6 is 0 Å². The molecule has 0 aliphatic carbocycles. The molecule has 0 saturated carbocycles. The van der Waals surface area contributed by atoms with Crippen LogP contribution < -0.4 is 0 Å². The Bertz CT molecular complexity index is 820. The zero-order valence-corrected chi connectivity index (χ0v) is 16.0. The Balaban J connectivity index is 1.48. The summed E-state index contributed by atoms with van der Waals surface area (Å²) in [5.74, 6) is 1.28. The molecule has 1 unspecified atom stereocenters. The summed E-state index contributed by atoms with van der Waals surface area (Å²) in [6.45, 7) is 1.97. The number of likely N-dealkylation sites (tertiary alicyclic amines) is 2. The van der Waals surface area contributed by atoms with Crippen LogP contribution in [0.3, 0.4) is 0 Å². The molecule has 1 atom stereocenters. The van der Waals surface area contributed by atoms with Crippen LogP contribution in [0.25, 0.3) is 11.5 Å². The third kappa shape index (κ3) is 4.08. The van der Waals surface area contributed by atoms with E-state index >= 15 is 0 Å². The molecule has 7 heteroatoms. The molecule has 0 spiro atoms. The Kier molecular flexibility index (Phi) is 5.69. The molecule has 7 nitrogen and oxygen atoms in total. The molecule has 0 radical (unpaired) electrons. The highest BCUT2D eigenvalue weighted by atomic mass is 16.5. The van der Waals surface area contributed by atoms with E-state index in [-0.39, 0.29) is 17.9 Å². The molecule has 0 bridgehead atoms. The van der Waals surface area contributed by atoms with Gasteiger partial charge in [0, 0.05) is 38.0 Å². The fraction of sp³-hybridized carbons (Fsp3) is 0.524. The van der Waals surface area contributed by atoms with Gasteiger partial charge in [0.25, 0.3) is 5.89 Å². The first-order valence-electron chi connectivity index (χ1n) is 10.2. The highest BCUT2D eigenvalue weighted by Gasteiger charge is 2.31. The monoisotopic (exact) mass is 382 g/mol. The summed E-state index contributed by atoms with van der Waals surface area (Å²) < 4.78 is 5.48. The van der Waals surface area contributed by atoms with E-state index in [0.717, 1.165) is 44.2 Å². The first kappa shape index (κ1) is 18.7. The molecule has 1 aromatic heterocycles. The number of rotatable bonds is 5. The summed E-state index contributed by atoms with van der Waals surface area (Å²) in [4.78, 5) is 33.1. The van der Waals surface area contributed by atoms with E-state index in [1.54, 1.807) is 4.90 Å². The third-order valence-electron chi connectivity index (χ3n) is 5.60. The summed E-state index contributed by atoms with van der Waals surface area (Å²) in [5.41, 5.74) is 0.875. The minimum atomic E-state index is -0.162. The fourth-order valence-electron chi connectivity index (χ4n) is 4.06. The van der Waals surface area contributed by atoms with Gasteiger partial charge in [-0.25, -0.2) is 0 Å². The van der Waals surface area contributed by atoms with Crippen LogP contribution in [0.1, 0.15) is 56.8 Å². The maximum absolute atomic E-state index is 13.0. The molecule has 0 N–H and O–H groups in total. The van der Waals surface area contributed by atoms with Gasteiger partial charge in [-0.15, -0.1) is 0 Å². The van der Waals surface area contributed by atoms with Crippen molar-refractivity contribution in [2.75, 3.05) is 19.6 Å². The van der Waals surface area contributed by atoms with Gasteiger partial charge in [0.2, 0.25) is 11.8 Å². The number of benzene rings is 1. The lowest BCUT2D eigenvalue weighted by atomic mass is 10.1. The summed E-state index contributed by atoms with van der Waals surface area (Å²) in [6.07, 6.45) is 5.79. The minimum Gasteiger partial charge on any atom is -0.342 e. The van der Waals surface area contributed by atoms with Crippen molar-refractivity contribution in [2.24, 2.45) is 0 Å². The number of aromatic nitrogens is 2. The number of nitrogens with zero attached hydrogens (tertiary/aromatic N) is 4. The molecule has 4 rings (SSSR count). The molecule has 2 fully saturated rings. The number of hydrogen-bond acceptors (Lipinski definition) is 5. The van der Waals surface area contributed by atoms with Crippen LogP contribution in [0.15, 0.2) is 34.9 Å². The molecule has 2 aliphatic rings. The summed E-state index contributed by atoms with van der Waals surface area (Å²) in [7, 11) is 0. The van der Waals surface area contributed by atoms with Gasteiger partial charge in [0.1, 0.15) is 0 Å². The Morgan fingerprint density at radius 1 is 1.11 bits per heavy atom. The normalized spacial score (nSPS) is 20.4. The lowest BCUT2D eigenvalue weighted by molar-refractivity contribution is -0.135. The molecule has 2 aromatic rings. The van der Waals surface area contributed by atoms with E-state index in [1.165, 1.54) is 0 Å². The second-order valence-corrected chi connectivity index (χ2v) is 7.51. The van der Waals surface area contributed by atoms with Gasteiger partial charge < -0.3 is 14.3 Å². The van der Waals surface area contributed by atoms with Crippen LogP contribution in [0, 0.1) is 0 Å². The van der Waals surface area contributed by atoms with Gasteiger partial charge in [-0.05, 0) is 31.4 Å². The Hall–Kier alpha value is -2.70. The van der Waals surface area contributed by atoms with E-state index in [9.17, 15) is 9.59 Å². The van der Waals surface area contributed by atoms with Crippen molar-refractivity contribution >= 4 is 11.8 Å². The lowest BCUT2D eigenvalue weighted by Crippen LogP contribution is -2.38. The molecule has 2 saturated heterocycles. The summed E-state index contributed by atoms with van der Waals surface area (Å²) in [6, 6.07) is 9.50. The van der Waals surface area contributed by atoms with Crippen molar-refractivity contribution in [1.82, 2.24) is 19.9 Å². The van der Waals surface area contributed by atoms with Crippen molar-refractivity contribution in [3.63, 3.8) is 0 Å². The molecule has 3 heterocycles. The summed E-state index contributed by atoms with van der Waals surface area (Å²) >= 11 is 0. The maximum atomic E-state index is 13.0. The van der Waals surface area contributed by atoms with Crippen LogP contribution in [-0.4, -0.2) is 51.4 Å². The van der Waals surface area contributed by atoms with E-state index < -0.39 is 0 Å². The van der Waals surface area contributed by atoms with Crippen molar-refractivity contribution in [1.29, 1.82) is 0 Å². The van der Waals surface area contributed by atoms with Gasteiger partial charge in [-0.3, -0.25) is 9.59 Å². The van der Waals surface area contributed by atoms with Crippen LogP contribution in [0.2, 0.25) is 0 Å². The highest BCUT2D eigenvalue weighted by molar-refractivity contribution is 5.80. The lowest BCUT2D eigenvalue weighted by Gasteiger charge is -2.28. The second kappa shape index (κ2) is 8.54. The standard InChI is InChI=1S/C21H26N4O3/c26-18-11-7-13-24(18)15-12-19(27)25-14-6-2-5-10-17(25)20-22-21(28-23-20)16-8-3-1-4-9-16/h1,3-4,8-9,17H,2,5-7,10-15H2. The smallest absolute Gasteiger partial charge is 0.257 e. The topological polar surface area (TPSA) is 79.5 Å². The highest BCUT2D eigenvalue weighted by Crippen LogP contribution is 2.30. The predicted molar refractivity (Wildman–Crippen MR) is 103 cm³/mol. The fourth-order valence-corrected chi connectivity index (χ4v) is 4.06. The van der Waals surface area contributed by atoms with Crippen molar-refractivity contribution in [3.05, 3.63) is 36.2 Å². The Morgan fingerprint density at radius 2 is 1.96 bits per heavy atom. The molecule has 2 amide bonds. The van der Waals surface area contributed by atoms with Gasteiger partial charge in [-0.1, -0.05) is 36.2 Å². The maximum Gasteiger partial charge on any atom is 0.257 e. The van der Waals surface area contributed by atoms with Crippen molar-refractivity contribution in [2.45, 2.75) is 51.0 Å². The molecular formula is C21H26N4O3. The van der Waals surface area contributed by atoms with Gasteiger partial charge in [-0.2, -0.15) is 4.98 Å². The predicted octanol–water partition coefficient (Wildman–Crippen LogP) is 3.19. The Morgan fingerprint density at radius 3 is 2.75 bits per heavy atom. The Labute approximate surface area is 164 Å². The quantitative estimate of drug-likeness (QED) is 0.793. The molecule has 28 heavy (non-hydrogen) atoms. The van der Waals surface area contributed by atoms with Crippen LogP contribution in [0.4, 0.5) is 0 Å². The number of hydrogen-bond donors (Lipinski definition) is 0. The van der Waals surface area contributed by atoms with E-state index in [4.69, 9.17) is 4.52 Å². The largest absolute Gasteiger partial charge is 0.342 e.